The Morgan fingerprint density at radius 1 is 1.00 bits per heavy atom. The summed E-state index contributed by atoms with van der Waals surface area (Å²) in [6.45, 7) is 10.1. The van der Waals surface area contributed by atoms with Gasteiger partial charge in [-0.15, -0.1) is 0 Å². The van der Waals surface area contributed by atoms with Crippen LogP contribution in [0.2, 0.25) is 5.02 Å². The molecule has 2 rings (SSSR count). The van der Waals surface area contributed by atoms with E-state index in [9.17, 15) is 9.59 Å². The highest BCUT2D eigenvalue weighted by Crippen LogP contribution is 2.26. The van der Waals surface area contributed by atoms with E-state index in [0.717, 1.165) is 17.5 Å². The van der Waals surface area contributed by atoms with Crippen LogP contribution in [0.1, 0.15) is 64.5 Å². The van der Waals surface area contributed by atoms with E-state index in [1.807, 2.05) is 63.2 Å². The number of nitrogens with one attached hydrogen (secondary N) is 1. The Morgan fingerprint density at radius 3 is 2.28 bits per heavy atom. The summed E-state index contributed by atoms with van der Waals surface area (Å²) in [5, 5.41) is 3.57. The highest BCUT2D eigenvalue weighted by molar-refractivity contribution is 6.31. The van der Waals surface area contributed by atoms with E-state index < -0.39 is 6.04 Å². The van der Waals surface area contributed by atoms with Crippen LogP contribution in [0.4, 0.5) is 0 Å². The molecule has 0 aliphatic rings. The fraction of sp³-hybridized carbons (Fsp3) is 0.462. The number of benzene rings is 2. The molecule has 2 atom stereocenters. The maximum absolute atomic E-state index is 13.4. The zero-order chi connectivity index (χ0) is 23.7. The van der Waals surface area contributed by atoms with Gasteiger partial charge in [-0.1, -0.05) is 75.7 Å². The number of hydrogen-bond acceptors (Lipinski definition) is 3. The molecule has 2 aromatic carbocycles. The number of ether oxygens (including phenoxy) is 1. The number of nitrogens with zero attached hydrogens (tertiary/aromatic N) is 1. The molecule has 174 valence electrons. The van der Waals surface area contributed by atoms with Crippen molar-refractivity contribution in [3.63, 3.8) is 0 Å². The molecule has 2 aromatic rings. The Kier molecular flexibility index (Phi) is 10.0. The van der Waals surface area contributed by atoms with Gasteiger partial charge in [0.15, 0.2) is 6.61 Å². The lowest BCUT2D eigenvalue weighted by molar-refractivity contribution is -0.143. The standard InChI is InChI=1S/C26H35ClN2O3/c1-6-19(5)28-26(31)23(7-2)29(16-20-12-8-10-14-22(20)27)25(30)17-32-24-15-11-9-13-21(24)18(3)4/h8-15,18-19,23H,6-7,16-17H2,1-5H3,(H,28,31). The fourth-order valence-electron chi connectivity index (χ4n) is 3.48. The van der Waals surface area contributed by atoms with Crippen LogP contribution in [-0.4, -0.2) is 35.4 Å². The molecule has 0 aromatic heterocycles. The second-order valence-corrected chi connectivity index (χ2v) is 8.74. The molecular weight excluding hydrogens is 424 g/mol. The molecule has 0 heterocycles. The second-order valence-electron chi connectivity index (χ2n) is 8.34. The minimum Gasteiger partial charge on any atom is -0.483 e. The molecule has 0 fully saturated rings. The number of halogens is 1. The zero-order valence-electron chi connectivity index (χ0n) is 19.7. The van der Waals surface area contributed by atoms with Crippen LogP contribution in [0.15, 0.2) is 48.5 Å². The molecule has 0 spiro atoms. The zero-order valence-corrected chi connectivity index (χ0v) is 20.5. The molecule has 6 heteroatoms. The topological polar surface area (TPSA) is 58.6 Å². The average Bonchev–Trinajstić information content (AvgIpc) is 2.78. The van der Waals surface area contributed by atoms with Crippen molar-refractivity contribution in [3.8, 4) is 5.75 Å². The second kappa shape index (κ2) is 12.5. The Labute approximate surface area is 197 Å². The van der Waals surface area contributed by atoms with E-state index in [1.54, 1.807) is 11.0 Å². The summed E-state index contributed by atoms with van der Waals surface area (Å²) < 4.78 is 5.93. The third kappa shape index (κ3) is 6.99. The number of rotatable bonds is 11. The van der Waals surface area contributed by atoms with Gasteiger partial charge in [-0.05, 0) is 48.9 Å². The molecule has 0 aliphatic heterocycles. The van der Waals surface area contributed by atoms with Crippen molar-refractivity contribution in [1.82, 2.24) is 10.2 Å². The van der Waals surface area contributed by atoms with Gasteiger partial charge >= 0.3 is 0 Å². The van der Waals surface area contributed by atoms with Gasteiger partial charge in [-0.25, -0.2) is 0 Å². The first kappa shape index (κ1) is 25.7. The molecule has 0 saturated carbocycles. The van der Waals surface area contributed by atoms with Crippen molar-refractivity contribution in [2.75, 3.05) is 6.61 Å². The van der Waals surface area contributed by atoms with Crippen molar-refractivity contribution in [2.45, 2.75) is 72.0 Å². The predicted octanol–water partition coefficient (Wildman–Crippen LogP) is 5.56. The number of carbonyl (C=O) groups is 2. The van der Waals surface area contributed by atoms with Gasteiger partial charge in [0.05, 0.1) is 0 Å². The SMILES string of the molecule is CCC(C)NC(=O)C(CC)N(Cc1ccccc1Cl)C(=O)COc1ccccc1C(C)C. The number of hydrogen-bond donors (Lipinski definition) is 1. The first-order valence-corrected chi connectivity index (χ1v) is 11.7. The lowest BCUT2D eigenvalue weighted by Gasteiger charge is -2.31. The van der Waals surface area contributed by atoms with Crippen LogP contribution in [0.3, 0.4) is 0 Å². The van der Waals surface area contributed by atoms with E-state index in [4.69, 9.17) is 16.3 Å². The van der Waals surface area contributed by atoms with Crippen LogP contribution >= 0.6 is 11.6 Å². The molecule has 0 radical (unpaired) electrons. The van der Waals surface area contributed by atoms with Crippen LogP contribution in [0.25, 0.3) is 0 Å². The molecule has 0 aliphatic carbocycles. The predicted molar refractivity (Wildman–Crippen MR) is 130 cm³/mol. The molecule has 32 heavy (non-hydrogen) atoms. The maximum atomic E-state index is 13.4. The number of para-hydroxylation sites is 1. The summed E-state index contributed by atoms with van der Waals surface area (Å²) in [7, 11) is 0. The number of amides is 2. The lowest BCUT2D eigenvalue weighted by Crippen LogP contribution is -2.51. The monoisotopic (exact) mass is 458 g/mol. The molecule has 5 nitrogen and oxygen atoms in total. The Bertz CT molecular complexity index is 900. The number of carbonyl (C=O) groups excluding carboxylic acids is 2. The minimum absolute atomic E-state index is 0.0305. The summed E-state index contributed by atoms with van der Waals surface area (Å²) in [5.74, 6) is 0.537. The molecule has 2 amide bonds. The van der Waals surface area contributed by atoms with Crippen molar-refractivity contribution in [3.05, 3.63) is 64.7 Å². The van der Waals surface area contributed by atoms with Gasteiger partial charge in [-0.2, -0.15) is 0 Å². The summed E-state index contributed by atoms with van der Waals surface area (Å²) in [6.07, 6.45) is 1.30. The van der Waals surface area contributed by atoms with Crippen LogP contribution < -0.4 is 10.1 Å². The Hall–Kier alpha value is -2.53. The van der Waals surface area contributed by atoms with Gasteiger partial charge in [0, 0.05) is 17.6 Å². The van der Waals surface area contributed by atoms with E-state index >= 15 is 0 Å². The van der Waals surface area contributed by atoms with E-state index in [1.165, 1.54) is 0 Å². The van der Waals surface area contributed by atoms with Gasteiger partial charge < -0.3 is 15.0 Å². The molecule has 1 N–H and O–H groups in total. The fourth-order valence-corrected chi connectivity index (χ4v) is 3.68. The normalized spacial score (nSPS) is 12.8. The van der Waals surface area contributed by atoms with Crippen LogP contribution in [0, 0.1) is 0 Å². The third-order valence-corrected chi connectivity index (χ3v) is 5.95. The van der Waals surface area contributed by atoms with Crippen molar-refractivity contribution >= 4 is 23.4 Å². The maximum Gasteiger partial charge on any atom is 0.261 e. The Balaban J connectivity index is 2.27. The quantitative estimate of drug-likeness (QED) is 0.479. The first-order chi connectivity index (χ1) is 15.3. The Morgan fingerprint density at radius 2 is 1.66 bits per heavy atom. The highest BCUT2D eigenvalue weighted by atomic mass is 35.5. The van der Waals surface area contributed by atoms with E-state index in [2.05, 4.69) is 19.2 Å². The van der Waals surface area contributed by atoms with Gasteiger partial charge in [-0.3, -0.25) is 9.59 Å². The van der Waals surface area contributed by atoms with Crippen LogP contribution in [0.5, 0.6) is 5.75 Å². The molecule has 0 saturated heterocycles. The average molecular weight is 459 g/mol. The molecular formula is C26H35ClN2O3. The lowest BCUT2D eigenvalue weighted by atomic mass is 10.0. The van der Waals surface area contributed by atoms with Gasteiger partial charge in [0.1, 0.15) is 11.8 Å². The van der Waals surface area contributed by atoms with E-state index in [0.29, 0.717) is 17.2 Å². The largest absolute Gasteiger partial charge is 0.483 e. The summed E-state index contributed by atoms with van der Waals surface area (Å²) in [5.41, 5.74) is 1.83. The van der Waals surface area contributed by atoms with Gasteiger partial charge in [0.2, 0.25) is 5.91 Å². The van der Waals surface area contributed by atoms with Crippen LogP contribution in [-0.2, 0) is 16.1 Å². The smallest absolute Gasteiger partial charge is 0.261 e. The van der Waals surface area contributed by atoms with Gasteiger partial charge in [0.25, 0.3) is 5.91 Å². The first-order valence-electron chi connectivity index (χ1n) is 11.3. The minimum atomic E-state index is -0.614. The molecule has 2 unspecified atom stereocenters. The highest BCUT2D eigenvalue weighted by Gasteiger charge is 2.30. The third-order valence-electron chi connectivity index (χ3n) is 5.58. The van der Waals surface area contributed by atoms with E-state index in [-0.39, 0.29) is 36.9 Å². The summed E-state index contributed by atoms with van der Waals surface area (Å²) in [4.78, 5) is 27.9. The summed E-state index contributed by atoms with van der Waals surface area (Å²) >= 11 is 6.37. The van der Waals surface area contributed by atoms with Crippen molar-refractivity contribution in [1.29, 1.82) is 0 Å². The van der Waals surface area contributed by atoms with Crippen molar-refractivity contribution < 1.29 is 14.3 Å². The molecule has 0 bridgehead atoms. The van der Waals surface area contributed by atoms with Crippen molar-refractivity contribution in [2.24, 2.45) is 0 Å². The summed E-state index contributed by atoms with van der Waals surface area (Å²) in [6, 6.07) is 14.5.